The van der Waals surface area contributed by atoms with Crippen molar-refractivity contribution in [1.29, 1.82) is 0 Å². The Labute approximate surface area is 234 Å². The summed E-state index contributed by atoms with van der Waals surface area (Å²) in [4.78, 5) is 39.5. The van der Waals surface area contributed by atoms with Crippen LogP contribution in [0.15, 0.2) is 72.3 Å². The fourth-order valence-corrected chi connectivity index (χ4v) is 4.55. The van der Waals surface area contributed by atoms with Crippen LogP contribution in [0.4, 0.5) is 10.5 Å². The number of hydrogen-bond acceptors (Lipinski definition) is 6. The largest absolute Gasteiger partial charge is 0.490 e. The van der Waals surface area contributed by atoms with E-state index >= 15 is 0 Å². The average Bonchev–Trinajstić information content (AvgIpc) is 2.91. The number of barbiturate groups is 1. The van der Waals surface area contributed by atoms with Crippen molar-refractivity contribution < 1.29 is 28.6 Å². The van der Waals surface area contributed by atoms with Gasteiger partial charge in [-0.3, -0.25) is 14.9 Å². The Hall–Kier alpha value is -3.86. The van der Waals surface area contributed by atoms with Crippen LogP contribution < -0.4 is 24.4 Å². The van der Waals surface area contributed by atoms with E-state index in [1.165, 1.54) is 6.08 Å². The summed E-state index contributed by atoms with van der Waals surface area (Å²) in [6, 6.07) is 18.9. The fraction of sp³-hybridized carbons (Fsp3) is 0.207. The smallest absolute Gasteiger partial charge is 0.335 e. The Morgan fingerprint density at radius 3 is 2.34 bits per heavy atom. The molecule has 0 bridgehead atoms. The maximum atomic E-state index is 13.3. The van der Waals surface area contributed by atoms with Crippen molar-refractivity contribution in [3.63, 3.8) is 0 Å². The summed E-state index contributed by atoms with van der Waals surface area (Å²) >= 11 is 2.13. The summed E-state index contributed by atoms with van der Waals surface area (Å²) in [6.07, 6.45) is 2.29. The summed E-state index contributed by atoms with van der Waals surface area (Å²) in [5, 5.41) is 2.25. The van der Waals surface area contributed by atoms with Crippen LogP contribution in [-0.4, -0.2) is 31.1 Å². The number of rotatable bonds is 10. The van der Waals surface area contributed by atoms with Gasteiger partial charge < -0.3 is 14.2 Å². The molecule has 8 nitrogen and oxygen atoms in total. The molecule has 0 radical (unpaired) electrons. The van der Waals surface area contributed by atoms with E-state index in [-0.39, 0.29) is 5.57 Å². The standard InChI is InChI=1S/C29H27IN2O6/c1-3-14-37-26-24(30)16-20(17-25(26)36-4-2)15-23-27(33)31-29(35)32(28(23)34)21-10-12-22(13-11-21)38-18-19-8-6-5-7-9-19/h5-13,15-17H,3-4,14,18H2,1-2H3,(H,31,33,35)/b23-15+. The topological polar surface area (TPSA) is 94.2 Å². The molecule has 196 valence electrons. The predicted molar refractivity (Wildman–Crippen MR) is 152 cm³/mol. The molecule has 1 heterocycles. The van der Waals surface area contributed by atoms with Crippen LogP contribution in [0.3, 0.4) is 0 Å². The second kappa shape index (κ2) is 12.6. The molecule has 0 aromatic heterocycles. The number of anilines is 1. The highest BCUT2D eigenvalue weighted by atomic mass is 127. The highest BCUT2D eigenvalue weighted by Crippen LogP contribution is 2.35. The minimum absolute atomic E-state index is 0.172. The third-order valence-corrected chi connectivity index (χ3v) is 6.34. The fourth-order valence-electron chi connectivity index (χ4n) is 3.77. The van der Waals surface area contributed by atoms with Gasteiger partial charge in [0.05, 0.1) is 22.5 Å². The SMILES string of the molecule is CCCOc1c(I)cc(/C=C2\C(=O)NC(=O)N(c3ccc(OCc4ccccc4)cc3)C2=O)cc1OCC. The van der Waals surface area contributed by atoms with E-state index < -0.39 is 17.8 Å². The molecule has 0 atom stereocenters. The Bertz CT molecular complexity index is 1360. The summed E-state index contributed by atoms with van der Waals surface area (Å²) in [6.45, 7) is 5.21. The van der Waals surface area contributed by atoms with E-state index in [1.807, 2.05) is 44.2 Å². The van der Waals surface area contributed by atoms with E-state index in [1.54, 1.807) is 36.4 Å². The van der Waals surface area contributed by atoms with Crippen LogP contribution in [0.2, 0.25) is 0 Å². The second-order valence-corrected chi connectivity index (χ2v) is 9.50. The number of urea groups is 1. The summed E-state index contributed by atoms with van der Waals surface area (Å²) < 4.78 is 18.1. The van der Waals surface area contributed by atoms with Gasteiger partial charge in [0.25, 0.3) is 11.8 Å². The number of carbonyl (C=O) groups excluding carboxylic acids is 3. The maximum absolute atomic E-state index is 13.3. The van der Waals surface area contributed by atoms with E-state index in [4.69, 9.17) is 14.2 Å². The zero-order valence-electron chi connectivity index (χ0n) is 21.0. The first kappa shape index (κ1) is 27.2. The van der Waals surface area contributed by atoms with Gasteiger partial charge in [0.15, 0.2) is 11.5 Å². The molecular formula is C29H27IN2O6. The van der Waals surface area contributed by atoms with Crippen LogP contribution in [0.25, 0.3) is 6.08 Å². The van der Waals surface area contributed by atoms with Gasteiger partial charge in [-0.15, -0.1) is 0 Å². The van der Waals surface area contributed by atoms with E-state index in [2.05, 4.69) is 27.9 Å². The Balaban J connectivity index is 1.57. The normalized spacial score (nSPS) is 14.4. The first-order chi connectivity index (χ1) is 18.4. The van der Waals surface area contributed by atoms with Crippen LogP contribution >= 0.6 is 22.6 Å². The summed E-state index contributed by atoms with van der Waals surface area (Å²) in [5.41, 5.74) is 1.72. The van der Waals surface area contributed by atoms with Crippen LogP contribution in [0.5, 0.6) is 17.2 Å². The summed E-state index contributed by atoms with van der Waals surface area (Å²) in [5.74, 6) is 0.219. The van der Waals surface area contributed by atoms with Crippen LogP contribution in [0, 0.1) is 3.57 Å². The Morgan fingerprint density at radius 1 is 0.921 bits per heavy atom. The highest BCUT2D eigenvalue weighted by molar-refractivity contribution is 14.1. The lowest BCUT2D eigenvalue weighted by atomic mass is 10.1. The number of carbonyl (C=O) groups is 3. The lowest BCUT2D eigenvalue weighted by Gasteiger charge is -2.26. The molecule has 0 unspecified atom stereocenters. The molecule has 1 aliphatic heterocycles. The molecule has 0 saturated carbocycles. The molecule has 1 aliphatic rings. The van der Waals surface area contributed by atoms with Gasteiger partial charge in [-0.25, -0.2) is 9.69 Å². The molecule has 4 rings (SSSR count). The molecule has 3 aromatic carbocycles. The van der Waals surface area contributed by atoms with Crippen molar-refractivity contribution in [2.45, 2.75) is 26.9 Å². The predicted octanol–water partition coefficient (Wildman–Crippen LogP) is 5.72. The first-order valence-electron chi connectivity index (χ1n) is 12.2. The minimum atomic E-state index is -0.817. The van der Waals surface area contributed by atoms with Gasteiger partial charge in [-0.1, -0.05) is 37.3 Å². The van der Waals surface area contributed by atoms with Gasteiger partial charge in [0.2, 0.25) is 0 Å². The molecule has 1 saturated heterocycles. The van der Waals surface area contributed by atoms with Gasteiger partial charge in [-0.05, 0) is 89.5 Å². The molecule has 0 aliphatic carbocycles. The number of ether oxygens (including phenoxy) is 3. The molecule has 9 heteroatoms. The van der Waals surface area contributed by atoms with Crippen molar-refractivity contribution in [3.8, 4) is 17.2 Å². The van der Waals surface area contributed by atoms with Gasteiger partial charge in [0, 0.05) is 0 Å². The monoisotopic (exact) mass is 626 g/mol. The minimum Gasteiger partial charge on any atom is -0.490 e. The molecular weight excluding hydrogens is 599 g/mol. The number of halogens is 1. The number of imide groups is 2. The van der Waals surface area contributed by atoms with Crippen LogP contribution in [-0.2, 0) is 16.2 Å². The van der Waals surface area contributed by atoms with Crippen molar-refractivity contribution in [1.82, 2.24) is 5.32 Å². The van der Waals surface area contributed by atoms with Crippen molar-refractivity contribution in [2.24, 2.45) is 0 Å². The molecule has 1 N–H and O–H groups in total. The number of benzene rings is 3. The number of nitrogens with one attached hydrogen (secondary N) is 1. The van der Waals surface area contributed by atoms with E-state index in [0.717, 1.165) is 20.5 Å². The lowest BCUT2D eigenvalue weighted by molar-refractivity contribution is -0.122. The van der Waals surface area contributed by atoms with Gasteiger partial charge in [0.1, 0.15) is 17.9 Å². The number of nitrogens with zero attached hydrogens (tertiary/aromatic N) is 1. The third-order valence-electron chi connectivity index (χ3n) is 5.54. The molecule has 1 fully saturated rings. The number of hydrogen-bond donors (Lipinski definition) is 1. The van der Waals surface area contributed by atoms with Gasteiger partial charge in [-0.2, -0.15) is 0 Å². The van der Waals surface area contributed by atoms with E-state index in [9.17, 15) is 14.4 Å². The Morgan fingerprint density at radius 2 is 1.66 bits per heavy atom. The van der Waals surface area contributed by atoms with Gasteiger partial charge >= 0.3 is 6.03 Å². The molecule has 3 aromatic rings. The molecule has 38 heavy (non-hydrogen) atoms. The van der Waals surface area contributed by atoms with Crippen molar-refractivity contribution in [3.05, 3.63) is 87.0 Å². The quantitative estimate of drug-likeness (QED) is 0.176. The van der Waals surface area contributed by atoms with E-state index in [0.29, 0.717) is 48.3 Å². The second-order valence-electron chi connectivity index (χ2n) is 8.34. The summed E-state index contributed by atoms with van der Waals surface area (Å²) in [7, 11) is 0. The lowest BCUT2D eigenvalue weighted by Crippen LogP contribution is -2.54. The molecule has 4 amide bonds. The zero-order valence-corrected chi connectivity index (χ0v) is 23.2. The third kappa shape index (κ3) is 6.34. The van der Waals surface area contributed by atoms with Crippen LogP contribution in [0.1, 0.15) is 31.4 Å². The first-order valence-corrected chi connectivity index (χ1v) is 13.3. The maximum Gasteiger partial charge on any atom is 0.335 e. The molecule has 0 spiro atoms. The average molecular weight is 626 g/mol. The highest BCUT2D eigenvalue weighted by Gasteiger charge is 2.37. The number of amides is 4. The van der Waals surface area contributed by atoms with Crippen molar-refractivity contribution in [2.75, 3.05) is 18.1 Å². The Kier molecular flexibility index (Phi) is 9.01. The zero-order chi connectivity index (χ0) is 27.1. The van der Waals surface area contributed by atoms with Crippen molar-refractivity contribution >= 4 is 52.2 Å².